The molecular formula is C15H28N2O2. The van der Waals surface area contributed by atoms with Gasteiger partial charge in [-0.2, -0.15) is 0 Å². The molecule has 0 aromatic rings. The minimum atomic E-state index is -0.624. The van der Waals surface area contributed by atoms with Crippen LogP contribution in [-0.2, 0) is 4.79 Å². The predicted octanol–water partition coefficient (Wildman–Crippen LogP) is 1.34. The fourth-order valence-corrected chi connectivity index (χ4v) is 3.62. The van der Waals surface area contributed by atoms with E-state index in [1.54, 1.807) is 0 Å². The Bertz CT molecular complexity index is 320. The first-order chi connectivity index (χ1) is 8.85. The van der Waals surface area contributed by atoms with Crippen molar-refractivity contribution in [2.45, 2.75) is 45.6 Å². The summed E-state index contributed by atoms with van der Waals surface area (Å²) in [7, 11) is 0. The van der Waals surface area contributed by atoms with Gasteiger partial charge in [0.1, 0.15) is 0 Å². The summed E-state index contributed by atoms with van der Waals surface area (Å²) in [6, 6.07) is 0. The van der Waals surface area contributed by atoms with Gasteiger partial charge >= 0.3 is 0 Å². The highest BCUT2D eigenvalue weighted by molar-refractivity contribution is 5.78. The van der Waals surface area contributed by atoms with Crippen LogP contribution in [0.4, 0.5) is 0 Å². The summed E-state index contributed by atoms with van der Waals surface area (Å²) in [6.07, 6.45) is 3.05. The fraction of sp³-hybridized carbons (Fsp3) is 0.933. The molecule has 2 heterocycles. The molecule has 0 spiro atoms. The van der Waals surface area contributed by atoms with Crippen LogP contribution in [0.5, 0.6) is 0 Å². The molecule has 2 saturated heterocycles. The van der Waals surface area contributed by atoms with Crippen molar-refractivity contribution in [3.05, 3.63) is 0 Å². The number of hydrogen-bond donors (Lipinski definition) is 1. The first kappa shape index (κ1) is 14.8. The highest BCUT2D eigenvalue weighted by atomic mass is 16.3. The number of rotatable bonds is 2. The average Bonchev–Trinajstić information content (AvgIpc) is 2.26. The van der Waals surface area contributed by atoms with E-state index >= 15 is 0 Å². The lowest BCUT2D eigenvalue weighted by molar-refractivity contribution is -0.136. The summed E-state index contributed by atoms with van der Waals surface area (Å²) in [5.41, 5.74) is -0.624. The maximum atomic E-state index is 12.4. The highest BCUT2D eigenvalue weighted by Gasteiger charge is 2.31. The quantitative estimate of drug-likeness (QED) is 0.822. The number of carbonyl (C=O) groups excluding carboxylic acids is 1. The number of hydrogen-bond acceptors (Lipinski definition) is 3. The summed E-state index contributed by atoms with van der Waals surface area (Å²) < 4.78 is 0. The maximum Gasteiger partial charge on any atom is 0.236 e. The van der Waals surface area contributed by atoms with E-state index < -0.39 is 5.60 Å². The van der Waals surface area contributed by atoms with E-state index in [2.05, 4.69) is 18.7 Å². The number of amides is 1. The lowest BCUT2D eigenvalue weighted by atomic mass is 9.91. The molecule has 0 saturated carbocycles. The molecule has 3 unspecified atom stereocenters. The number of likely N-dealkylation sites (tertiary alicyclic amines) is 2. The third-order valence-electron chi connectivity index (χ3n) is 4.33. The first-order valence-electron chi connectivity index (χ1n) is 7.58. The van der Waals surface area contributed by atoms with Crippen molar-refractivity contribution >= 4 is 5.91 Å². The van der Waals surface area contributed by atoms with Crippen LogP contribution in [0.25, 0.3) is 0 Å². The second-order valence-corrected chi connectivity index (χ2v) is 7.06. The molecule has 2 rings (SSSR count). The summed E-state index contributed by atoms with van der Waals surface area (Å²) in [6.45, 7) is 10.1. The zero-order valence-corrected chi connectivity index (χ0v) is 12.6. The van der Waals surface area contributed by atoms with Crippen LogP contribution < -0.4 is 0 Å². The van der Waals surface area contributed by atoms with Gasteiger partial charge in [-0.3, -0.25) is 9.69 Å². The lowest BCUT2D eigenvalue weighted by Gasteiger charge is -2.39. The highest BCUT2D eigenvalue weighted by Crippen LogP contribution is 2.23. The molecule has 0 aliphatic carbocycles. The molecule has 2 fully saturated rings. The van der Waals surface area contributed by atoms with Crippen molar-refractivity contribution in [1.29, 1.82) is 0 Å². The third kappa shape index (κ3) is 4.18. The van der Waals surface area contributed by atoms with Crippen molar-refractivity contribution in [1.82, 2.24) is 9.80 Å². The Morgan fingerprint density at radius 2 is 1.95 bits per heavy atom. The lowest BCUT2D eigenvalue weighted by Crippen LogP contribution is -2.52. The molecule has 0 aromatic heterocycles. The van der Waals surface area contributed by atoms with Crippen LogP contribution in [0.3, 0.4) is 0 Å². The Balaban J connectivity index is 1.86. The fourth-order valence-electron chi connectivity index (χ4n) is 3.62. The Kier molecular flexibility index (Phi) is 4.51. The van der Waals surface area contributed by atoms with Crippen molar-refractivity contribution in [2.24, 2.45) is 11.8 Å². The van der Waals surface area contributed by atoms with Gasteiger partial charge in [0.05, 0.1) is 12.1 Å². The molecule has 0 aromatic carbocycles. The summed E-state index contributed by atoms with van der Waals surface area (Å²) in [4.78, 5) is 16.5. The van der Waals surface area contributed by atoms with Gasteiger partial charge < -0.3 is 10.0 Å². The van der Waals surface area contributed by atoms with E-state index in [9.17, 15) is 9.90 Å². The van der Waals surface area contributed by atoms with E-state index in [1.165, 1.54) is 6.42 Å². The zero-order valence-electron chi connectivity index (χ0n) is 12.6. The minimum absolute atomic E-state index is 0.233. The van der Waals surface area contributed by atoms with Crippen LogP contribution >= 0.6 is 0 Å². The number of nitrogens with zero attached hydrogens (tertiary/aromatic N) is 2. The Morgan fingerprint density at radius 3 is 2.53 bits per heavy atom. The van der Waals surface area contributed by atoms with Crippen LogP contribution in [-0.4, -0.2) is 59.1 Å². The number of carbonyl (C=O) groups is 1. The predicted molar refractivity (Wildman–Crippen MR) is 75.8 cm³/mol. The average molecular weight is 268 g/mol. The van der Waals surface area contributed by atoms with Gasteiger partial charge in [-0.1, -0.05) is 13.8 Å². The van der Waals surface area contributed by atoms with Gasteiger partial charge in [-0.05, 0) is 44.6 Å². The molecule has 0 radical (unpaired) electrons. The van der Waals surface area contributed by atoms with E-state index in [0.29, 0.717) is 24.9 Å². The van der Waals surface area contributed by atoms with Crippen molar-refractivity contribution in [3.8, 4) is 0 Å². The van der Waals surface area contributed by atoms with Gasteiger partial charge in [0.25, 0.3) is 0 Å². The summed E-state index contributed by atoms with van der Waals surface area (Å²) >= 11 is 0. The molecule has 4 heteroatoms. The van der Waals surface area contributed by atoms with E-state index in [1.807, 2.05) is 11.8 Å². The molecule has 4 nitrogen and oxygen atoms in total. The zero-order chi connectivity index (χ0) is 14.0. The third-order valence-corrected chi connectivity index (χ3v) is 4.33. The molecular weight excluding hydrogens is 240 g/mol. The van der Waals surface area contributed by atoms with Crippen molar-refractivity contribution < 1.29 is 9.90 Å². The molecule has 0 bridgehead atoms. The topological polar surface area (TPSA) is 43.8 Å². The van der Waals surface area contributed by atoms with Crippen LogP contribution in [0, 0.1) is 11.8 Å². The van der Waals surface area contributed by atoms with Crippen LogP contribution in [0.1, 0.15) is 40.0 Å². The van der Waals surface area contributed by atoms with E-state index in [4.69, 9.17) is 0 Å². The van der Waals surface area contributed by atoms with E-state index in [0.717, 1.165) is 32.5 Å². The molecule has 1 N–H and O–H groups in total. The minimum Gasteiger partial charge on any atom is -0.389 e. The standard InChI is InChI=1S/C15H28N2O2/c1-12-7-13(2)9-17(8-12)14(18)10-16-6-4-5-15(3,19)11-16/h12-13,19H,4-11H2,1-3H3. The van der Waals surface area contributed by atoms with Crippen LogP contribution in [0.15, 0.2) is 0 Å². The number of β-amino-alcohol motifs (C(OH)–C–C–N with tert-alkyl or cyclic N) is 1. The second-order valence-electron chi connectivity index (χ2n) is 7.06. The van der Waals surface area contributed by atoms with Gasteiger partial charge in [0.2, 0.25) is 5.91 Å². The maximum absolute atomic E-state index is 12.4. The largest absolute Gasteiger partial charge is 0.389 e. The van der Waals surface area contributed by atoms with Gasteiger partial charge in [-0.15, -0.1) is 0 Å². The number of piperidine rings is 2. The molecule has 2 aliphatic heterocycles. The molecule has 3 atom stereocenters. The molecule has 2 aliphatic rings. The van der Waals surface area contributed by atoms with Crippen molar-refractivity contribution in [3.63, 3.8) is 0 Å². The van der Waals surface area contributed by atoms with Crippen molar-refractivity contribution in [2.75, 3.05) is 32.7 Å². The normalized spacial score (nSPS) is 37.4. The molecule has 19 heavy (non-hydrogen) atoms. The van der Waals surface area contributed by atoms with Crippen LogP contribution in [0.2, 0.25) is 0 Å². The summed E-state index contributed by atoms with van der Waals surface area (Å²) in [5.74, 6) is 1.45. The monoisotopic (exact) mass is 268 g/mol. The molecule has 1 amide bonds. The van der Waals surface area contributed by atoms with Gasteiger partial charge in [0, 0.05) is 19.6 Å². The van der Waals surface area contributed by atoms with Gasteiger partial charge in [-0.25, -0.2) is 0 Å². The second kappa shape index (κ2) is 5.80. The first-order valence-corrected chi connectivity index (χ1v) is 7.58. The Labute approximate surface area is 116 Å². The Morgan fingerprint density at radius 1 is 1.32 bits per heavy atom. The van der Waals surface area contributed by atoms with E-state index in [-0.39, 0.29) is 5.91 Å². The number of aliphatic hydroxyl groups is 1. The SMILES string of the molecule is CC1CC(C)CN(C(=O)CN2CCCC(C)(O)C2)C1. The molecule has 110 valence electrons. The summed E-state index contributed by atoms with van der Waals surface area (Å²) in [5, 5.41) is 10.1. The van der Waals surface area contributed by atoms with Gasteiger partial charge in [0.15, 0.2) is 0 Å². The Hall–Kier alpha value is -0.610. The smallest absolute Gasteiger partial charge is 0.236 e.